The Morgan fingerprint density at radius 3 is 2.53 bits per heavy atom. The van der Waals surface area contributed by atoms with Gasteiger partial charge in [-0.2, -0.15) is 0 Å². The van der Waals surface area contributed by atoms with E-state index in [0.717, 1.165) is 12.1 Å². The second-order valence-electron chi connectivity index (χ2n) is 3.32. The van der Waals surface area contributed by atoms with Crippen molar-refractivity contribution in [3.8, 4) is 11.5 Å². The number of nitrogens with zero attached hydrogens (tertiary/aromatic N) is 1. The zero-order valence-corrected chi connectivity index (χ0v) is 8.73. The van der Waals surface area contributed by atoms with Crippen LogP contribution in [0.3, 0.4) is 0 Å². The van der Waals surface area contributed by atoms with Crippen LogP contribution in [0.5, 0.6) is 11.5 Å². The van der Waals surface area contributed by atoms with Gasteiger partial charge in [0.05, 0.1) is 12.3 Å². The molecule has 0 atom stereocenters. The molecule has 3 nitrogen and oxygen atoms in total. The Labute approximate surface area is 96.3 Å². The molecule has 0 bridgehead atoms. The van der Waals surface area contributed by atoms with E-state index >= 15 is 0 Å². The third-order valence-corrected chi connectivity index (χ3v) is 2.08. The largest absolute Gasteiger partial charge is 0.457 e. The van der Waals surface area contributed by atoms with Crippen molar-refractivity contribution >= 4 is 0 Å². The minimum absolute atomic E-state index is 0.180. The molecule has 5 heteroatoms. The van der Waals surface area contributed by atoms with E-state index in [2.05, 4.69) is 4.98 Å². The standard InChI is InChI=1S/C12H9F2NO2/c13-11-2-1-9(6-12(11)14)17-10-3-4-15-8(5-10)7-16/h1-6,16H,7H2. The van der Waals surface area contributed by atoms with Crippen LogP contribution in [0.2, 0.25) is 0 Å². The predicted molar refractivity (Wildman–Crippen MR) is 56.6 cm³/mol. The predicted octanol–water partition coefficient (Wildman–Crippen LogP) is 2.64. The highest BCUT2D eigenvalue weighted by atomic mass is 19.2. The molecule has 88 valence electrons. The van der Waals surface area contributed by atoms with E-state index in [4.69, 9.17) is 9.84 Å². The van der Waals surface area contributed by atoms with Crippen LogP contribution in [-0.4, -0.2) is 10.1 Å². The lowest BCUT2D eigenvalue weighted by Gasteiger charge is -2.06. The number of aliphatic hydroxyl groups excluding tert-OH is 1. The molecule has 0 aliphatic rings. The fourth-order valence-electron chi connectivity index (χ4n) is 1.28. The van der Waals surface area contributed by atoms with Crippen LogP contribution in [-0.2, 0) is 6.61 Å². The van der Waals surface area contributed by atoms with Gasteiger partial charge in [-0.3, -0.25) is 4.98 Å². The monoisotopic (exact) mass is 237 g/mol. The van der Waals surface area contributed by atoms with Gasteiger partial charge < -0.3 is 9.84 Å². The number of pyridine rings is 1. The Morgan fingerprint density at radius 2 is 1.82 bits per heavy atom. The molecule has 2 rings (SSSR count). The SMILES string of the molecule is OCc1cc(Oc2ccc(F)c(F)c2)ccn1. The topological polar surface area (TPSA) is 42.4 Å². The smallest absolute Gasteiger partial charge is 0.162 e. The molecule has 2 aromatic rings. The Balaban J connectivity index is 2.22. The van der Waals surface area contributed by atoms with E-state index in [1.54, 1.807) is 6.07 Å². The number of hydrogen-bond acceptors (Lipinski definition) is 3. The lowest BCUT2D eigenvalue weighted by Crippen LogP contribution is -1.91. The molecule has 0 radical (unpaired) electrons. The summed E-state index contributed by atoms with van der Waals surface area (Å²) in [6.07, 6.45) is 1.46. The first-order chi connectivity index (χ1) is 8.19. The fourth-order valence-corrected chi connectivity index (χ4v) is 1.28. The molecule has 0 saturated carbocycles. The molecule has 17 heavy (non-hydrogen) atoms. The van der Waals surface area contributed by atoms with Gasteiger partial charge in [0.25, 0.3) is 0 Å². The van der Waals surface area contributed by atoms with E-state index in [-0.39, 0.29) is 12.4 Å². The number of aromatic nitrogens is 1. The molecular formula is C12H9F2NO2. The quantitative estimate of drug-likeness (QED) is 0.892. The third-order valence-electron chi connectivity index (χ3n) is 2.08. The summed E-state index contributed by atoms with van der Waals surface area (Å²) in [5.41, 5.74) is 0.435. The van der Waals surface area contributed by atoms with Crippen molar-refractivity contribution in [2.75, 3.05) is 0 Å². The average molecular weight is 237 g/mol. The normalized spacial score (nSPS) is 10.3. The highest BCUT2D eigenvalue weighted by Crippen LogP contribution is 2.23. The first-order valence-corrected chi connectivity index (χ1v) is 4.88. The van der Waals surface area contributed by atoms with Crippen LogP contribution >= 0.6 is 0 Å². The van der Waals surface area contributed by atoms with E-state index in [0.29, 0.717) is 11.4 Å². The maximum Gasteiger partial charge on any atom is 0.162 e. The van der Waals surface area contributed by atoms with E-state index in [9.17, 15) is 8.78 Å². The van der Waals surface area contributed by atoms with Crippen molar-refractivity contribution < 1.29 is 18.6 Å². The van der Waals surface area contributed by atoms with Crippen molar-refractivity contribution in [1.82, 2.24) is 4.98 Å². The average Bonchev–Trinajstić information content (AvgIpc) is 2.34. The molecule has 0 unspecified atom stereocenters. The van der Waals surface area contributed by atoms with Crippen molar-refractivity contribution in [1.29, 1.82) is 0 Å². The highest BCUT2D eigenvalue weighted by Gasteiger charge is 2.04. The van der Waals surface area contributed by atoms with Gasteiger partial charge in [-0.25, -0.2) is 8.78 Å². The molecule has 1 aromatic carbocycles. The molecule has 0 fully saturated rings. The van der Waals surface area contributed by atoms with Gasteiger partial charge in [0, 0.05) is 18.3 Å². The van der Waals surface area contributed by atoms with Crippen LogP contribution in [0.1, 0.15) is 5.69 Å². The van der Waals surface area contributed by atoms with E-state index < -0.39 is 11.6 Å². The van der Waals surface area contributed by atoms with Crippen LogP contribution in [0.25, 0.3) is 0 Å². The lowest BCUT2D eigenvalue weighted by molar-refractivity contribution is 0.276. The summed E-state index contributed by atoms with van der Waals surface area (Å²) in [7, 11) is 0. The molecule has 0 spiro atoms. The van der Waals surface area contributed by atoms with Crippen LogP contribution in [0.15, 0.2) is 36.5 Å². The Morgan fingerprint density at radius 1 is 1.06 bits per heavy atom. The number of ether oxygens (including phenoxy) is 1. The zero-order chi connectivity index (χ0) is 12.3. The Hall–Kier alpha value is -2.01. The van der Waals surface area contributed by atoms with Gasteiger partial charge in [-0.1, -0.05) is 0 Å². The minimum Gasteiger partial charge on any atom is -0.457 e. The Bertz CT molecular complexity index is 532. The number of rotatable bonds is 3. The Kier molecular flexibility index (Phi) is 3.30. The van der Waals surface area contributed by atoms with Crippen molar-refractivity contribution in [3.63, 3.8) is 0 Å². The number of hydrogen-bond donors (Lipinski definition) is 1. The minimum atomic E-state index is -0.973. The van der Waals surface area contributed by atoms with Crippen molar-refractivity contribution in [3.05, 3.63) is 53.9 Å². The third kappa shape index (κ3) is 2.76. The summed E-state index contributed by atoms with van der Waals surface area (Å²) in [6.45, 7) is -0.213. The number of halogens is 2. The van der Waals surface area contributed by atoms with Gasteiger partial charge in [-0.15, -0.1) is 0 Å². The molecule has 0 aliphatic heterocycles. The highest BCUT2D eigenvalue weighted by molar-refractivity contribution is 5.31. The lowest BCUT2D eigenvalue weighted by atomic mass is 10.3. The summed E-state index contributed by atoms with van der Waals surface area (Å²) < 4.78 is 30.9. The summed E-state index contributed by atoms with van der Waals surface area (Å²) in [4.78, 5) is 3.87. The molecule has 1 aromatic heterocycles. The summed E-state index contributed by atoms with van der Waals surface area (Å²) >= 11 is 0. The summed E-state index contributed by atoms with van der Waals surface area (Å²) in [5.74, 6) is -1.32. The molecular weight excluding hydrogens is 228 g/mol. The molecule has 0 saturated heterocycles. The van der Waals surface area contributed by atoms with Crippen LogP contribution in [0, 0.1) is 11.6 Å². The van der Waals surface area contributed by atoms with Crippen molar-refractivity contribution in [2.45, 2.75) is 6.61 Å². The number of aliphatic hydroxyl groups is 1. The zero-order valence-electron chi connectivity index (χ0n) is 8.73. The van der Waals surface area contributed by atoms with Crippen molar-refractivity contribution in [2.24, 2.45) is 0 Å². The first kappa shape index (κ1) is 11.5. The van der Waals surface area contributed by atoms with E-state index in [1.807, 2.05) is 0 Å². The maximum absolute atomic E-state index is 12.9. The molecule has 0 amide bonds. The molecule has 0 aliphatic carbocycles. The van der Waals surface area contributed by atoms with Gasteiger partial charge in [0.2, 0.25) is 0 Å². The second kappa shape index (κ2) is 4.88. The van der Waals surface area contributed by atoms with Crippen LogP contribution in [0.4, 0.5) is 8.78 Å². The van der Waals surface area contributed by atoms with Gasteiger partial charge in [0.15, 0.2) is 11.6 Å². The summed E-state index contributed by atoms with van der Waals surface area (Å²) in [5, 5.41) is 8.88. The van der Waals surface area contributed by atoms with E-state index in [1.165, 1.54) is 18.3 Å². The second-order valence-corrected chi connectivity index (χ2v) is 3.32. The fraction of sp³-hybridized carbons (Fsp3) is 0.0833. The summed E-state index contributed by atoms with van der Waals surface area (Å²) in [6, 6.07) is 6.33. The van der Waals surface area contributed by atoms with Gasteiger partial charge >= 0.3 is 0 Å². The van der Waals surface area contributed by atoms with Crippen LogP contribution < -0.4 is 4.74 Å². The number of benzene rings is 1. The molecule has 1 N–H and O–H groups in total. The first-order valence-electron chi connectivity index (χ1n) is 4.88. The maximum atomic E-state index is 12.9. The van der Waals surface area contributed by atoms with Gasteiger partial charge in [0.1, 0.15) is 11.5 Å². The van der Waals surface area contributed by atoms with Gasteiger partial charge in [-0.05, 0) is 18.2 Å². The molecule has 1 heterocycles.